The average molecular weight is 490 g/mol. The number of nitrogens with one attached hydrogen (secondary N) is 1. The first kappa shape index (κ1) is 24.4. The number of aliphatic hydroxyl groups excluding tert-OH is 1. The third kappa shape index (κ3) is 5.78. The Bertz CT molecular complexity index is 1360. The molecule has 0 saturated carbocycles. The minimum absolute atomic E-state index is 0.0181. The van der Waals surface area contributed by atoms with Crippen LogP contribution in [0.4, 0.5) is 5.69 Å². The van der Waals surface area contributed by atoms with Crippen LogP contribution in [0.25, 0.3) is 0 Å². The van der Waals surface area contributed by atoms with Crippen LogP contribution in [0.2, 0.25) is 0 Å². The van der Waals surface area contributed by atoms with Crippen molar-refractivity contribution in [3.63, 3.8) is 0 Å². The van der Waals surface area contributed by atoms with Crippen LogP contribution < -0.4 is 4.72 Å². The molecule has 0 unspecified atom stereocenters. The molecule has 0 aromatic heterocycles. The fraction of sp³-hybridized carbons (Fsp3) is 0.174. The molecule has 0 amide bonds. The summed E-state index contributed by atoms with van der Waals surface area (Å²) in [5.74, 6) is -1.22. The van der Waals surface area contributed by atoms with Crippen LogP contribution in [0.3, 0.4) is 0 Å². The molecule has 3 aromatic rings. The number of ether oxygens (including phenoxy) is 1. The van der Waals surface area contributed by atoms with Crippen molar-refractivity contribution in [2.75, 3.05) is 11.8 Å². The van der Waals surface area contributed by atoms with E-state index in [4.69, 9.17) is 9.84 Å². The first-order valence-corrected chi connectivity index (χ1v) is 12.9. The predicted molar refractivity (Wildman–Crippen MR) is 123 cm³/mol. The van der Waals surface area contributed by atoms with Gasteiger partial charge in [-0.25, -0.2) is 21.6 Å². The molecule has 0 aliphatic rings. The van der Waals surface area contributed by atoms with Gasteiger partial charge in [-0.3, -0.25) is 4.72 Å². The topological polar surface area (TPSA) is 127 Å². The summed E-state index contributed by atoms with van der Waals surface area (Å²) in [5, 5.41) is 9.15. The number of esters is 1. The summed E-state index contributed by atoms with van der Waals surface area (Å²) < 4.78 is 58.9. The van der Waals surface area contributed by atoms with Crippen molar-refractivity contribution >= 4 is 31.5 Å². The van der Waals surface area contributed by atoms with Gasteiger partial charge in [-0.1, -0.05) is 29.8 Å². The van der Waals surface area contributed by atoms with Crippen LogP contribution in [-0.2, 0) is 37.0 Å². The number of sulfone groups is 1. The van der Waals surface area contributed by atoms with E-state index in [2.05, 4.69) is 4.72 Å². The highest BCUT2D eigenvalue weighted by Crippen LogP contribution is 2.27. The molecule has 0 bridgehead atoms. The Kier molecular flexibility index (Phi) is 7.21. The first-order chi connectivity index (χ1) is 15.6. The molecule has 0 spiro atoms. The summed E-state index contributed by atoms with van der Waals surface area (Å²) in [6, 6.07) is 15.8. The maximum Gasteiger partial charge on any atom is 0.337 e. The molecule has 0 heterocycles. The van der Waals surface area contributed by atoms with E-state index in [0.29, 0.717) is 5.56 Å². The van der Waals surface area contributed by atoms with Gasteiger partial charge in [0.1, 0.15) is 0 Å². The highest BCUT2D eigenvalue weighted by atomic mass is 32.2. The van der Waals surface area contributed by atoms with Gasteiger partial charge in [0.2, 0.25) is 0 Å². The number of carbonyl (C=O) groups is 1. The zero-order valence-corrected chi connectivity index (χ0v) is 19.6. The van der Waals surface area contributed by atoms with Gasteiger partial charge in [0, 0.05) is 0 Å². The molecule has 0 atom stereocenters. The van der Waals surface area contributed by atoms with Crippen LogP contribution in [0.15, 0.2) is 76.5 Å². The molecule has 33 heavy (non-hydrogen) atoms. The van der Waals surface area contributed by atoms with E-state index in [1.54, 1.807) is 12.1 Å². The Hall–Kier alpha value is -3.21. The van der Waals surface area contributed by atoms with E-state index in [1.807, 2.05) is 6.92 Å². The van der Waals surface area contributed by atoms with Crippen LogP contribution >= 0.6 is 0 Å². The molecule has 0 fully saturated rings. The minimum Gasteiger partial charge on any atom is -0.465 e. The molecule has 3 rings (SSSR count). The standard InChI is InChI=1S/C23H23NO7S2/c1-16-3-8-20(9-4-16)32(27,28)15-19-13-18(23(26)31-2)7-12-22(19)24-33(29,30)21-10-5-17(14-25)6-11-21/h3-13,24-25H,14-15H2,1-2H3. The third-order valence-corrected chi connectivity index (χ3v) is 7.98. The molecule has 2 N–H and O–H groups in total. The van der Waals surface area contributed by atoms with Gasteiger partial charge in [-0.2, -0.15) is 0 Å². The first-order valence-electron chi connectivity index (χ1n) is 9.79. The van der Waals surface area contributed by atoms with Crippen molar-refractivity contribution in [2.24, 2.45) is 0 Å². The van der Waals surface area contributed by atoms with Gasteiger partial charge < -0.3 is 9.84 Å². The number of aryl methyl sites for hydroxylation is 1. The lowest BCUT2D eigenvalue weighted by Gasteiger charge is -2.15. The fourth-order valence-corrected chi connectivity index (χ4v) is 5.54. The summed E-state index contributed by atoms with van der Waals surface area (Å²) in [6.45, 7) is 1.60. The lowest BCUT2D eigenvalue weighted by molar-refractivity contribution is 0.0600. The maximum absolute atomic E-state index is 13.0. The number of benzene rings is 3. The van der Waals surface area contributed by atoms with Crippen molar-refractivity contribution < 1.29 is 31.5 Å². The van der Waals surface area contributed by atoms with E-state index in [1.165, 1.54) is 61.7 Å². The van der Waals surface area contributed by atoms with Gasteiger partial charge in [0.15, 0.2) is 9.84 Å². The molecule has 0 radical (unpaired) electrons. The van der Waals surface area contributed by atoms with Gasteiger partial charge in [-0.05, 0) is 60.5 Å². The van der Waals surface area contributed by atoms with Crippen molar-refractivity contribution in [3.8, 4) is 0 Å². The molecule has 3 aromatic carbocycles. The Labute approximate surface area is 192 Å². The van der Waals surface area contributed by atoms with Gasteiger partial charge in [0.05, 0.1) is 40.5 Å². The molecule has 10 heteroatoms. The zero-order valence-electron chi connectivity index (χ0n) is 18.0. The summed E-state index contributed by atoms with van der Waals surface area (Å²) >= 11 is 0. The Balaban J connectivity index is 2.02. The SMILES string of the molecule is COC(=O)c1ccc(NS(=O)(=O)c2ccc(CO)cc2)c(CS(=O)(=O)c2ccc(C)cc2)c1. The smallest absolute Gasteiger partial charge is 0.337 e. The van der Waals surface area contributed by atoms with Crippen LogP contribution in [0, 0.1) is 6.92 Å². The van der Waals surface area contributed by atoms with Gasteiger partial charge >= 0.3 is 5.97 Å². The van der Waals surface area contributed by atoms with Crippen molar-refractivity contribution in [3.05, 3.63) is 89.0 Å². The number of aliphatic hydroxyl groups is 1. The maximum atomic E-state index is 13.0. The van der Waals surface area contributed by atoms with E-state index >= 15 is 0 Å². The molecule has 0 aliphatic heterocycles. The summed E-state index contributed by atoms with van der Waals surface area (Å²) in [6.07, 6.45) is 0. The average Bonchev–Trinajstić information content (AvgIpc) is 2.79. The normalized spacial score (nSPS) is 11.7. The van der Waals surface area contributed by atoms with Crippen LogP contribution in [-0.4, -0.2) is 35.0 Å². The number of sulfonamides is 1. The molecule has 0 saturated heterocycles. The lowest BCUT2D eigenvalue weighted by atomic mass is 10.1. The van der Waals surface area contributed by atoms with E-state index in [0.717, 1.165) is 5.56 Å². The number of methoxy groups -OCH3 is 1. The minimum atomic E-state index is -4.07. The molecule has 0 aliphatic carbocycles. The Morgan fingerprint density at radius 3 is 2.09 bits per heavy atom. The number of hydrogen-bond donors (Lipinski definition) is 2. The molecule has 174 valence electrons. The summed E-state index contributed by atoms with van der Waals surface area (Å²) in [4.78, 5) is 12.0. The second-order valence-corrected chi connectivity index (χ2v) is 11.0. The highest BCUT2D eigenvalue weighted by molar-refractivity contribution is 7.92. The third-order valence-electron chi connectivity index (χ3n) is 4.91. The number of hydrogen-bond acceptors (Lipinski definition) is 7. The van der Waals surface area contributed by atoms with Crippen LogP contribution in [0.1, 0.15) is 27.0 Å². The highest BCUT2D eigenvalue weighted by Gasteiger charge is 2.22. The molecular formula is C23H23NO7S2. The second kappa shape index (κ2) is 9.74. The quantitative estimate of drug-likeness (QED) is 0.466. The van der Waals surface area contributed by atoms with E-state index < -0.39 is 31.6 Å². The fourth-order valence-electron chi connectivity index (χ4n) is 3.07. The van der Waals surface area contributed by atoms with Crippen molar-refractivity contribution in [1.82, 2.24) is 0 Å². The van der Waals surface area contributed by atoms with Crippen molar-refractivity contribution in [1.29, 1.82) is 0 Å². The Morgan fingerprint density at radius 1 is 0.909 bits per heavy atom. The number of anilines is 1. The van der Waals surface area contributed by atoms with Crippen molar-refractivity contribution in [2.45, 2.75) is 29.1 Å². The summed E-state index contributed by atoms with van der Waals surface area (Å²) in [7, 11) is -6.72. The monoisotopic (exact) mass is 489 g/mol. The van der Waals surface area contributed by atoms with E-state index in [9.17, 15) is 21.6 Å². The Morgan fingerprint density at radius 2 is 1.52 bits per heavy atom. The van der Waals surface area contributed by atoms with Crippen LogP contribution in [0.5, 0.6) is 0 Å². The van der Waals surface area contributed by atoms with E-state index in [-0.39, 0.29) is 33.2 Å². The summed E-state index contributed by atoms with van der Waals surface area (Å²) in [5.41, 5.74) is 1.63. The second-order valence-electron chi connectivity index (χ2n) is 7.34. The number of rotatable bonds is 8. The molecule has 8 nitrogen and oxygen atoms in total. The number of carbonyl (C=O) groups excluding carboxylic acids is 1. The van der Waals surface area contributed by atoms with Gasteiger partial charge in [0.25, 0.3) is 10.0 Å². The lowest BCUT2D eigenvalue weighted by Crippen LogP contribution is -2.16. The largest absolute Gasteiger partial charge is 0.465 e. The van der Waals surface area contributed by atoms with Gasteiger partial charge in [-0.15, -0.1) is 0 Å². The predicted octanol–water partition coefficient (Wildman–Crippen LogP) is 3.05. The zero-order chi connectivity index (χ0) is 24.2. The molecular weight excluding hydrogens is 466 g/mol.